The monoisotopic (exact) mass is 451 g/mol. The van der Waals surface area contributed by atoms with Crippen LogP contribution in [0.15, 0.2) is 63.8 Å². The number of methoxy groups -OCH3 is 1. The van der Waals surface area contributed by atoms with Crippen LogP contribution in [0.4, 0.5) is 0 Å². The van der Waals surface area contributed by atoms with E-state index in [0.29, 0.717) is 16.7 Å². The summed E-state index contributed by atoms with van der Waals surface area (Å²) in [5.74, 6) is -1.23. The zero-order chi connectivity index (χ0) is 24.0. The van der Waals surface area contributed by atoms with Crippen LogP contribution in [0.3, 0.4) is 0 Å². The van der Waals surface area contributed by atoms with Gasteiger partial charge < -0.3 is 25.5 Å². The Labute approximate surface area is 189 Å². The van der Waals surface area contributed by atoms with Crippen LogP contribution in [0.2, 0.25) is 0 Å². The van der Waals surface area contributed by atoms with E-state index in [9.17, 15) is 19.2 Å². The highest BCUT2D eigenvalue weighted by atomic mass is 16.5. The number of hydrogen-bond donors (Lipinski definition) is 3. The van der Waals surface area contributed by atoms with E-state index in [1.54, 1.807) is 18.2 Å². The summed E-state index contributed by atoms with van der Waals surface area (Å²) in [5.41, 5.74) is 6.54. The molecule has 0 aliphatic heterocycles. The molecule has 0 spiro atoms. The summed E-state index contributed by atoms with van der Waals surface area (Å²) in [6.45, 7) is 1.31. The lowest BCUT2D eigenvalue weighted by Gasteiger charge is -2.22. The van der Waals surface area contributed by atoms with E-state index in [4.69, 9.17) is 14.9 Å². The molecule has 0 bridgehead atoms. The molecular weight excluding hydrogens is 426 g/mol. The van der Waals surface area contributed by atoms with Gasteiger partial charge in [0.05, 0.1) is 7.11 Å². The minimum absolute atomic E-state index is 0.0341. The van der Waals surface area contributed by atoms with Crippen LogP contribution in [0.5, 0.6) is 5.75 Å². The minimum atomic E-state index is -1.11. The maximum atomic E-state index is 13.0. The van der Waals surface area contributed by atoms with Crippen molar-refractivity contribution in [1.82, 2.24) is 10.6 Å². The molecule has 0 fully saturated rings. The van der Waals surface area contributed by atoms with Gasteiger partial charge in [0.15, 0.2) is 0 Å². The molecule has 3 aromatic rings. The first-order chi connectivity index (χ1) is 15.8. The van der Waals surface area contributed by atoms with Gasteiger partial charge in [-0.05, 0) is 23.3 Å². The molecule has 0 aliphatic rings. The van der Waals surface area contributed by atoms with Gasteiger partial charge in [0.2, 0.25) is 17.7 Å². The maximum Gasteiger partial charge on any atom is 0.336 e. The molecule has 172 valence electrons. The number of carbonyl (C=O) groups excluding carboxylic acids is 3. The molecule has 33 heavy (non-hydrogen) atoms. The van der Waals surface area contributed by atoms with Crippen LogP contribution in [-0.4, -0.2) is 36.9 Å². The first-order valence-corrected chi connectivity index (χ1v) is 10.3. The van der Waals surface area contributed by atoms with Crippen molar-refractivity contribution in [3.8, 4) is 5.75 Å². The second-order valence-electron chi connectivity index (χ2n) is 7.56. The minimum Gasteiger partial charge on any atom is -0.497 e. The van der Waals surface area contributed by atoms with Crippen LogP contribution in [0, 0.1) is 0 Å². The van der Waals surface area contributed by atoms with Gasteiger partial charge in [0.1, 0.15) is 23.4 Å². The van der Waals surface area contributed by atoms with Crippen molar-refractivity contribution in [2.45, 2.75) is 31.8 Å². The van der Waals surface area contributed by atoms with Crippen molar-refractivity contribution < 1.29 is 23.5 Å². The van der Waals surface area contributed by atoms with E-state index in [-0.39, 0.29) is 24.3 Å². The van der Waals surface area contributed by atoms with Crippen LogP contribution < -0.4 is 26.7 Å². The van der Waals surface area contributed by atoms with Gasteiger partial charge in [-0.25, -0.2) is 4.79 Å². The van der Waals surface area contributed by atoms with Gasteiger partial charge in [0.25, 0.3) is 0 Å². The van der Waals surface area contributed by atoms with Crippen molar-refractivity contribution in [2.24, 2.45) is 5.73 Å². The van der Waals surface area contributed by atoms with E-state index < -0.39 is 29.5 Å². The highest BCUT2D eigenvalue weighted by Crippen LogP contribution is 2.23. The summed E-state index contributed by atoms with van der Waals surface area (Å²) in [6.07, 6.45) is 0.197. The van der Waals surface area contributed by atoms with Gasteiger partial charge in [-0.3, -0.25) is 14.4 Å². The number of nitrogens with two attached hydrogens (primary N) is 1. The number of benzene rings is 2. The molecule has 2 atom stereocenters. The molecule has 0 unspecified atom stereocenters. The predicted molar refractivity (Wildman–Crippen MR) is 122 cm³/mol. The Morgan fingerprint density at radius 3 is 2.36 bits per heavy atom. The lowest BCUT2D eigenvalue weighted by Crippen LogP contribution is -2.54. The summed E-state index contributed by atoms with van der Waals surface area (Å²) in [7, 11) is 1.49. The summed E-state index contributed by atoms with van der Waals surface area (Å²) in [6, 6.07) is 13.3. The molecule has 3 amide bonds. The average Bonchev–Trinajstić information content (AvgIpc) is 2.77. The SMILES string of the molecule is COc1ccc2c(C[C@H](NC(=O)[C@H](Cc3ccccc3)NC(C)=O)C(N)=O)cc(=O)oc2c1. The number of hydrogen-bond acceptors (Lipinski definition) is 6. The molecule has 0 saturated heterocycles. The van der Waals surface area contributed by atoms with Gasteiger partial charge in [0, 0.05) is 37.3 Å². The van der Waals surface area contributed by atoms with E-state index in [1.165, 1.54) is 20.1 Å². The molecule has 0 aliphatic carbocycles. The van der Waals surface area contributed by atoms with E-state index in [0.717, 1.165) is 5.56 Å². The fourth-order valence-corrected chi connectivity index (χ4v) is 3.53. The zero-order valence-electron chi connectivity index (χ0n) is 18.3. The number of primary amides is 1. The molecule has 1 heterocycles. The summed E-state index contributed by atoms with van der Waals surface area (Å²) >= 11 is 0. The lowest BCUT2D eigenvalue weighted by atomic mass is 10.0. The lowest BCUT2D eigenvalue weighted by molar-refractivity contribution is -0.130. The second-order valence-corrected chi connectivity index (χ2v) is 7.56. The fraction of sp³-hybridized carbons (Fsp3) is 0.250. The third kappa shape index (κ3) is 6.19. The Morgan fingerprint density at radius 1 is 1.00 bits per heavy atom. The van der Waals surface area contributed by atoms with Gasteiger partial charge in [-0.2, -0.15) is 0 Å². The van der Waals surface area contributed by atoms with E-state index >= 15 is 0 Å². The third-order valence-electron chi connectivity index (χ3n) is 5.10. The molecule has 2 aromatic carbocycles. The Kier molecular flexibility index (Phi) is 7.45. The first-order valence-electron chi connectivity index (χ1n) is 10.3. The number of amides is 3. The van der Waals surface area contributed by atoms with Crippen molar-refractivity contribution in [2.75, 3.05) is 7.11 Å². The molecule has 1 aromatic heterocycles. The standard InChI is InChI=1S/C24H25N3O6/c1-14(28)26-20(10-15-6-4-3-5-7-15)24(31)27-19(23(25)30)11-16-12-22(29)33-21-13-17(32-2)8-9-18(16)21/h3-9,12-13,19-20H,10-11H2,1-2H3,(H2,25,30)(H,26,28)(H,27,31)/t19-,20-/m0/s1. The summed E-state index contributed by atoms with van der Waals surface area (Å²) in [5, 5.41) is 5.80. The topological polar surface area (TPSA) is 141 Å². The molecular formula is C24H25N3O6. The highest BCUT2D eigenvalue weighted by molar-refractivity contribution is 5.92. The highest BCUT2D eigenvalue weighted by Gasteiger charge is 2.26. The van der Waals surface area contributed by atoms with Gasteiger partial charge in [-0.15, -0.1) is 0 Å². The van der Waals surface area contributed by atoms with Gasteiger partial charge in [-0.1, -0.05) is 30.3 Å². The average molecular weight is 451 g/mol. The Hall–Kier alpha value is -4.14. The molecule has 0 saturated carbocycles. The number of nitrogens with one attached hydrogen (secondary N) is 2. The fourth-order valence-electron chi connectivity index (χ4n) is 3.53. The Morgan fingerprint density at radius 2 is 1.73 bits per heavy atom. The van der Waals surface area contributed by atoms with Gasteiger partial charge >= 0.3 is 5.63 Å². The van der Waals surface area contributed by atoms with Crippen LogP contribution in [0.1, 0.15) is 18.1 Å². The molecule has 3 rings (SSSR count). The van der Waals surface area contributed by atoms with Crippen LogP contribution >= 0.6 is 0 Å². The number of rotatable bonds is 9. The van der Waals surface area contributed by atoms with E-state index in [2.05, 4.69) is 10.6 Å². The third-order valence-corrected chi connectivity index (χ3v) is 5.10. The van der Waals surface area contributed by atoms with Crippen LogP contribution in [0.25, 0.3) is 11.0 Å². The Balaban J connectivity index is 1.85. The zero-order valence-corrected chi connectivity index (χ0v) is 18.3. The number of ether oxygens (including phenoxy) is 1. The predicted octanol–water partition coefficient (Wildman–Crippen LogP) is 1.06. The van der Waals surface area contributed by atoms with Crippen LogP contribution in [-0.2, 0) is 27.2 Å². The maximum absolute atomic E-state index is 13.0. The Bertz CT molecular complexity index is 1220. The van der Waals surface area contributed by atoms with Crippen molar-refractivity contribution >= 4 is 28.7 Å². The number of fused-ring (bicyclic) bond motifs is 1. The van der Waals surface area contributed by atoms with E-state index in [1.807, 2.05) is 30.3 Å². The smallest absolute Gasteiger partial charge is 0.336 e. The summed E-state index contributed by atoms with van der Waals surface area (Å²) in [4.78, 5) is 48.8. The first kappa shape index (κ1) is 23.5. The normalized spacial score (nSPS) is 12.5. The molecule has 9 heteroatoms. The quantitative estimate of drug-likeness (QED) is 0.416. The summed E-state index contributed by atoms with van der Waals surface area (Å²) < 4.78 is 10.4. The van der Waals surface area contributed by atoms with Crippen molar-refractivity contribution in [1.29, 1.82) is 0 Å². The van der Waals surface area contributed by atoms with Crippen molar-refractivity contribution in [3.05, 3.63) is 76.1 Å². The number of carbonyl (C=O) groups is 3. The second kappa shape index (κ2) is 10.4. The molecule has 9 nitrogen and oxygen atoms in total. The largest absolute Gasteiger partial charge is 0.497 e. The molecule has 0 radical (unpaired) electrons. The molecule has 4 N–H and O–H groups in total. The van der Waals surface area contributed by atoms with Crippen molar-refractivity contribution in [3.63, 3.8) is 0 Å².